The van der Waals surface area contributed by atoms with Gasteiger partial charge in [0.25, 0.3) is 0 Å². The highest BCUT2D eigenvalue weighted by Crippen LogP contribution is 2.34. The van der Waals surface area contributed by atoms with E-state index in [4.69, 9.17) is 9.47 Å². The SMILES string of the molecule is CCC(C)(OC)c1nnnn1CC1(C(=O)O)CCOCC1. The van der Waals surface area contributed by atoms with E-state index in [1.165, 1.54) is 0 Å². The van der Waals surface area contributed by atoms with Gasteiger partial charge in [0.2, 0.25) is 0 Å². The first-order valence-electron chi connectivity index (χ1n) is 7.10. The average Bonchev–Trinajstić information content (AvgIpc) is 2.96. The van der Waals surface area contributed by atoms with Crippen molar-refractivity contribution in [2.24, 2.45) is 5.41 Å². The van der Waals surface area contributed by atoms with Gasteiger partial charge in [-0.15, -0.1) is 5.10 Å². The lowest BCUT2D eigenvalue weighted by Gasteiger charge is -2.34. The maximum atomic E-state index is 11.7. The molecule has 1 unspecified atom stereocenters. The number of carbonyl (C=O) groups is 1. The van der Waals surface area contributed by atoms with Gasteiger partial charge in [0.05, 0.1) is 12.0 Å². The average molecular weight is 298 g/mol. The van der Waals surface area contributed by atoms with Crippen LogP contribution in [0, 0.1) is 5.41 Å². The van der Waals surface area contributed by atoms with Crippen LogP contribution in [0.2, 0.25) is 0 Å². The van der Waals surface area contributed by atoms with Crippen LogP contribution < -0.4 is 0 Å². The second-order valence-corrected chi connectivity index (χ2v) is 5.65. The lowest BCUT2D eigenvalue weighted by Crippen LogP contribution is -2.42. The second kappa shape index (κ2) is 6.07. The molecule has 0 radical (unpaired) electrons. The fourth-order valence-electron chi connectivity index (χ4n) is 2.57. The first-order valence-corrected chi connectivity index (χ1v) is 7.10. The molecule has 1 fully saturated rings. The Balaban J connectivity index is 2.31. The number of ether oxygens (including phenoxy) is 2. The molecule has 0 saturated carbocycles. The topological polar surface area (TPSA) is 99.4 Å². The molecule has 21 heavy (non-hydrogen) atoms. The monoisotopic (exact) mass is 298 g/mol. The summed E-state index contributed by atoms with van der Waals surface area (Å²) in [6, 6.07) is 0. The summed E-state index contributed by atoms with van der Waals surface area (Å²) in [5, 5.41) is 21.3. The molecule has 1 aromatic heterocycles. The van der Waals surface area contributed by atoms with Gasteiger partial charge in [-0.25, -0.2) is 4.68 Å². The van der Waals surface area contributed by atoms with Crippen molar-refractivity contribution in [2.75, 3.05) is 20.3 Å². The van der Waals surface area contributed by atoms with Crippen molar-refractivity contribution in [3.05, 3.63) is 5.82 Å². The minimum Gasteiger partial charge on any atom is -0.481 e. The summed E-state index contributed by atoms with van der Waals surface area (Å²) in [4.78, 5) is 11.7. The molecule has 2 rings (SSSR count). The maximum absolute atomic E-state index is 11.7. The Hall–Kier alpha value is -1.54. The summed E-state index contributed by atoms with van der Waals surface area (Å²) >= 11 is 0. The fourth-order valence-corrected chi connectivity index (χ4v) is 2.57. The van der Waals surface area contributed by atoms with Gasteiger partial charge >= 0.3 is 5.97 Å². The normalized spacial score (nSPS) is 20.9. The molecule has 2 heterocycles. The molecule has 0 bridgehead atoms. The minimum absolute atomic E-state index is 0.229. The van der Waals surface area contributed by atoms with Gasteiger partial charge in [-0.3, -0.25) is 4.79 Å². The van der Waals surface area contributed by atoms with E-state index in [9.17, 15) is 9.90 Å². The van der Waals surface area contributed by atoms with E-state index >= 15 is 0 Å². The standard InChI is InChI=1S/C13H22N4O4/c1-4-12(2,20-3)10-14-15-16-17(10)9-13(11(18)19)5-7-21-8-6-13/h4-9H2,1-3H3,(H,18,19). The van der Waals surface area contributed by atoms with Crippen LogP contribution in [0.4, 0.5) is 0 Å². The van der Waals surface area contributed by atoms with Crippen molar-refractivity contribution in [2.45, 2.75) is 45.3 Å². The third kappa shape index (κ3) is 2.91. The maximum Gasteiger partial charge on any atom is 0.311 e. The van der Waals surface area contributed by atoms with E-state index in [2.05, 4.69) is 15.5 Å². The first-order chi connectivity index (χ1) is 9.97. The molecule has 0 aliphatic carbocycles. The van der Waals surface area contributed by atoms with Gasteiger partial charge < -0.3 is 14.6 Å². The molecule has 0 spiro atoms. The molecule has 0 amide bonds. The highest BCUT2D eigenvalue weighted by Gasteiger charge is 2.43. The van der Waals surface area contributed by atoms with Crippen LogP contribution in [0.25, 0.3) is 0 Å². The molecule has 8 heteroatoms. The lowest BCUT2D eigenvalue weighted by molar-refractivity contribution is -0.156. The van der Waals surface area contributed by atoms with Crippen LogP contribution in [-0.4, -0.2) is 51.6 Å². The Morgan fingerprint density at radius 3 is 2.71 bits per heavy atom. The highest BCUT2D eigenvalue weighted by atomic mass is 16.5. The number of hydrogen-bond donors (Lipinski definition) is 1. The zero-order valence-corrected chi connectivity index (χ0v) is 12.7. The molecular weight excluding hydrogens is 276 g/mol. The quantitative estimate of drug-likeness (QED) is 0.830. The fraction of sp³-hybridized carbons (Fsp3) is 0.846. The third-order valence-electron chi connectivity index (χ3n) is 4.49. The summed E-state index contributed by atoms with van der Waals surface area (Å²) in [5.41, 5.74) is -1.51. The van der Waals surface area contributed by atoms with E-state index in [1.54, 1.807) is 11.8 Å². The van der Waals surface area contributed by atoms with E-state index in [1.807, 2.05) is 13.8 Å². The lowest BCUT2D eigenvalue weighted by atomic mass is 9.80. The zero-order valence-electron chi connectivity index (χ0n) is 12.7. The van der Waals surface area contributed by atoms with Gasteiger partial charge in [0, 0.05) is 20.3 Å². The molecule has 8 nitrogen and oxygen atoms in total. The van der Waals surface area contributed by atoms with Crippen LogP contribution in [0.5, 0.6) is 0 Å². The number of carboxylic acid groups (broad SMARTS) is 1. The summed E-state index contributed by atoms with van der Waals surface area (Å²) in [7, 11) is 1.60. The van der Waals surface area contributed by atoms with Gasteiger partial charge in [-0.1, -0.05) is 6.92 Å². The Morgan fingerprint density at radius 1 is 1.52 bits per heavy atom. The van der Waals surface area contributed by atoms with E-state index < -0.39 is 17.0 Å². The van der Waals surface area contributed by atoms with Gasteiger partial charge in [0.1, 0.15) is 5.60 Å². The Bertz CT molecular complexity index is 492. The largest absolute Gasteiger partial charge is 0.481 e. The highest BCUT2D eigenvalue weighted by molar-refractivity contribution is 5.74. The van der Waals surface area contributed by atoms with Crippen LogP contribution in [0.3, 0.4) is 0 Å². The summed E-state index contributed by atoms with van der Waals surface area (Å²) in [6.45, 7) is 4.99. The first kappa shape index (κ1) is 15.8. The predicted octanol–water partition coefficient (Wildman–Crippen LogP) is 0.826. The number of methoxy groups -OCH3 is 1. The Labute approximate surface area is 123 Å². The summed E-state index contributed by atoms with van der Waals surface area (Å²) in [6.07, 6.45) is 1.60. The Morgan fingerprint density at radius 2 is 2.19 bits per heavy atom. The van der Waals surface area contributed by atoms with Crippen molar-refractivity contribution in [3.63, 3.8) is 0 Å². The van der Waals surface area contributed by atoms with Gasteiger partial charge in [-0.2, -0.15) is 0 Å². The number of nitrogens with zero attached hydrogens (tertiary/aromatic N) is 4. The van der Waals surface area contributed by atoms with Gasteiger partial charge in [0.15, 0.2) is 5.82 Å². The van der Waals surface area contributed by atoms with Gasteiger partial charge in [-0.05, 0) is 36.6 Å². The second-order valence-electron chi connectivity index (χ2n) is 5.65. The molecule has 1 aliphatic heterocycles. The molecule has 1 aromatic rings. The van der Waals surface area contributed by atoms with Crippen molar-refractivity contribution < 1.29 is 19.4 Å². The summed E-state index contributed by atoms with van der Waals surface area (Å²) < 4.78 is 12.4. The number of carboxylic acids is 1. The number of tetrazole rings is 1. The van der Waals surface area contributed by atoms with Crippen LogP contribution in [0.1, 0.15) is 38.9 Å². The minimum atomic E-state index is -0.884. The van der Waals surface area contributed by atoms with Crippen LogP contribution in [-0.2, 0) is 26.4 Å². The molecule has 1 saturated heterocycles. The van der Waals surface area contributed by atoms with Crippen molar-refractivity contribution >= 4 is 5.97 Å². The number of hydrogen-bond acceptors (Lipinski definition) is 6. The summed E-state index contributed by atoms with van der Waals surface area (Å²) in [5.74, 6) is -0.275. The molecular formula is C13H22N4O4. The number of rotatable bonds is 6. The van der Waals surface area contributed by atoms with E-state index in [-0.39, 0.29) is 6.54 Å². The van der Waals surface area contributed by atoms with Crippen molar-refractivity contribution in [1.29, 1.82) is 0 Å². The van der Waals surface area contributed by atoms with Crippen molar-refractivity contribution in [3.8, 4) is 0 Å². The van der Waals surface area contributed by atoms with E-state index in [0.29, 0.717) is 38.3 Å². The third-order valence-corrected chi connectivity index (χ3v) is 4.49. The molecule has 1 atom stereocenters. The van der Waals surface area contributed by atoms with Crippen molar-refractivity contribution in [1.82, 2.24) is 20.2 Å². The number of aromatic nitrogens is 4. The van der Waals surface area contributed by atoms with E-state index in [0.717, 1.165) is 0 Å². The molecule has 1 aliphatic rings. The number of aliphatic carboxylic acids is 1. The van der Waals surface area contributed by atoms with Crippen LogP contribution >= 0.6 is 0 Å². The smallest absolute Gasteiger partial charge is 0.311 e. The molecule has 118 valence electrons. The predicted molar refractivity (Wildman–Crippen MR) is 72.6 cm³/mol. The Kier molecular flexibility index (Phi) is 4.58. The van der Waals surface area contributed by atoms with Crippen LogP contribution in [0.15, 0.2) is 0 Å². The molecule has 1 N–H and O–H groups in total. The molecule has 0 aromatic carbocycles. The zero-order chi connectivity index (χ0) is 15.5.